The predicted octanol–water partition coefficient (Wildman–Crippen LogP) is -1.21. The Morgan fingerprint density at radius 1 is 1.26 bits per heavy atom. The molecule has 0 saturated carbocycles. The van der Waals surface area contributed by atoms with Gasteiger partial charge in [0.05, 0.1) is 12.2 Å². The van der Waals surface area contributed by atoms with Crippen molar-refractivity contribution in [2.45, 2.75) is 37.6 Å². The first-order valence-corrected chi connectivity index (χ1v) is 7.09. The molecule has 2 rings (SSSR count). The molecule has 8 nitrogen and oxygen atoms in total. The zero-order valence-corrected chi connectivity index (χ0v) is 12.5. The fourth-order valence-electron chi connectivity index (χ4n) is 2.38. The van der Waals surface area contributed by atoms with E-state index in [0.29, 0.717) is 0 Å². The van der Waals surface area contributed by atoms with Gasteiger partial charge in [0.15, 0.2) is 12.4 Å². The molecule has 0 spiro atoms. The predicted molar refractivity (Wildman–Crippen MR) is 77.2 cm³/mol. The molecule has 1 fully saturated rings. The van der Waals surface area contributed by atoms with Crippen molar-refractivity contribution in [1.29, 1.82) is 0 Å². The molecule has 1 saturated heterocycles. The van der Waals surface area contributed by atoms with E-state index in [-0.39, 0.29) is 5.56 Å². The molecular weight excluding hydrogens is 306 g/mol. The van der Waals surface area contributed by atoms with Crippen molar-refractivity contribution in [3.63, 3.8) is 0 Å². The van der Waals surface area contributed by atoms with E-state index in [1.165, 1.54) is 19.1 Å². The van der Waals surface area contributed by atoms with Gasteiger partial charge in [-0.3, -0.25) is 4.79 Å². The third-order valence-electron chi connectivity index (χ3n) is 3.50. The SMILES string of the molecule is CC(=O)N[C@H]1[C@@H](OC(=O)c2ccccc2)[C@H](O)[C@H](CO)O[C@H]1O. The molecule has 0 unspecified atom stereocenters. The third kappa shape index (κ3) is 4.05. The summed E-state index contributed by atoms with van der Waals surface area (Å²) in [7, 11) is 0. The highest BCUT2D eigenvalue weighted by molar-refractivity contribution is 5.89. The molecule has 0 aromatic heterocycles. The van der Waals surface area contributed by atoms with Crippen molar-refractivity contribution < 1.29 is 34.4 Å². The summed E-state index contributed by atoms with van der Waals surface area (Å²) >= 11 is 0. The number of hydrogen-bond acceptors (Lipinski definition) is 7. The van der Waals surface area contributed by atoms with Gasteiger partial charge < -0.3 is 30.1 Å². The zero-order valence-electron chi connectivity index (χ0n) is 12.5. The summed E-state index contributed by atoms with van der Waals surface area (Å²) in [6.45, 7) is 0.637. The van der Waals surface area contributed by atoms with Gasteiger partial charge in [0.2, 0.25) is 5.91 Å². The number of ether oxygens (including phenoxy) is 2. The van der Waals surface area contributed by atoms with Crippen LogP contribution in [0.4, 0.5) is 0 Å². The summed E-state index contributed by atoms with van der Waals surface area (Å²) < 4.78 is 10.3. The molecule has 1 aliphatic heterocycles. The van der Waals surface area contributed by atoms with Gasteiger partial charge in [0.25, 0.3) is 0 Å². The number of nitrogens with one attached hydrogen (secondary N) is 1. The van der Waals surface area contributed by atoms with Gasteiger partial charge in [-0.15, -0.1) is 0 Å². The second-order valence-corrected chi connectivity index (χ2v) is 5.20. The van der Waals surface area contributed by atoms with Crippen LogP contribution in [0.2, 0.25) is 0 Å². The quantitative estimate of drug-likeness (QED) is 0.512. The Hall–Kier alpha value is -2.00. The molecule has 0 radical (unpaired) electrons. The average molecular weight is 325 g/mol. The zero-order chi connectivity index (χ0) is 17.0. The van der Waals surface area contributed by atoms with E-state index in [1.54, 1.807) is 18.2 Å². The van der Waals surface area contributed by atoms with E-state index >= 15 is 0 Å². The number of hydrogen-bond donors (Lipinski definition) is 4. The van der Waals surface area contributed by atoms with E-state index in [2.05, 4.69) is 5.32 Å². The number of carbonyl (C=O) groups is 2. The number of aliphatic hydroxyl groups is 3. The number of rotatable bonds is 4. The smallest absolute Gasteiger partial charge is 0.338 e. The molecule has 4 N–H and O–H groups in total. The van der Waals surface area contributed by atoms with Crippen LogP contribution < -0.4 is 5.32 Å². The van der Waals surface area contributed by atoms with Gasteiger partial charge in [-0.05, 0) is 12.1 Å². The topological polar surface area (TPSA) is 125 Å². The van der Waals surface area contributed by atoms with Crippen LogP contribution in [0.1, 0.15) is 17.3 Å². The molecular formula is C15H19NO7. The molecule has 126 valence electrons. The summed E-state index contributed by atoms with van der Waals surface area (Å²) in [5.74, 6) is -1.22. The van der Waals surface area contributed by atoms with Crippen molar-refractivity contribution in [3.05, 3.63) is 35.9 Å². The first kappa shape index (κ1) is 17.4. The van der Waals surface area contributed by atoms with E-state index in [9.17, 15) is 24.9 Å². The van der Waals surface area contributed by atoms with Crippen LogP contribution in [0.5, 0.6) is 0 Å². The molecule has 1 aromatic rings. The normalized spacial score (nSPS) is 30.5. The Kier molecular flexibility index (Phi) is 5.67. The van der Waals surface area contributed by atoms with Crippen LogP contribution >= 0.6 is 0 Å². The van der Waals surface area contributed by atoms with Crippen molar-refractivity contribution in [2.75, 3.05) is 6.61 Å². The van der Waals surface area contributed by atoms with Crippen LogP contribution in [0.25, 0.3) is 0 Å². The summed E-state index contributed by atoms with van der Waals surface area (Å²) in [5, 5.41) is 31.7. The molecule has 0 bridgehead atoms. The fraction of sp³-hybridized carbons (Fsp3) is 0.467. The molecule has 0 aliphatic carbocycles. The molecule has 1 amide bonds. The van der Waals surface area contributed by atoms with Gasteiger partial charge in [-0.25, -0.2) is 4.79 Å². The largest absolute Gasteiger partial charge is 0.453 e. The van der Waals surface area contributed by atoms with E-state index in [0.717, 1.165) is 0 Å². The van der Waals surface area contributed by atoms with Crippen LogP contribution in [-0.4, -0.2) is 64.4 Å². The highest BCUT2D eigenvalue weighted by Gasteiger charge is 2.47. The molecule has 5 atom stereocenters. The first-order chi connectivity index (χ1) is 10.9. The van der Waals surface area contributed by atoms with Crippen molar-refractivity contribution in [2.24, 2.45) is 0 Å². The maximum atomic E-state index is 12.2. The fourth-order valence-corrected chi connectivity index (χ4v) is 2.38. The van der Waals surface area contributed by atoms with Gasteiger partial charge >= 0.3 is 5.97 Å². The summed E-state index contributed by atoms with van der Waals surface area (Å²) in [6, 6.07) is 6.92. The first-order valence-electron chi connectivity index (χ1n) is 7.09. The number of benzene rings is 1. The third-order valence-corrected chi connectivity index (χ3v) is 3.50. The molecule has 1 heterocycles. The summed E-state index contributed by atoms with van der Waals surface area (Å²) in [6.07, 6.45) is -5.35. The van der Waals surface area contributed by atoms with Crippen LogP contribution in [0, 0.1) is 0 Å². The van der Waals surface area contributed by atoms with Crippen LogP contribution in [-0.2, 0) is 14.3 Å². The lowest BCUT2D eigenvalue weighted by atomic mass is 9.96. The maximum absolute atomic E-state index is 12.2. The highest BCUT2D eigenvalue weighted by Crippen LogP contribution is 2.23. The highest BCUT2D eigenvalue weighted by atomic mass is 16.6. The number of esters is 1. The Morgan fingerprint density at radius 2 is 1.91 bits per heavy atom. The summed E-state index contributed by atoms with van der Waals surface area (Å²) in [4.78, 5) is 23.4. The lowest BCUT2D eigenvalue weighted by molar-refractivity contribution is -0.253. The van der Waals surface area contributed by atoms with Gasteiger partial charge in [0.1, 0.15) is 18.2 Å². The monoisotopic (exact) mass is 325 g/mol. The lowest BCUT2D eigenvalue weighted by Gasteiger charge is -2.41. The van der Waals surface area contributed by atoms with Gasteiger partial charge in [0, 0.05) is 6.92 Å². The Balaban J connectivity index is 2.21. The molecule has 8 heteroatoms. The standard InChI is InChI=1S/C15H19NO7/c1-8(18)16-11-13(12(19)10(7-17)22-15(11)21)23-14(20)9-5-3-2-4-6-9/h2-6,10-13,15,17,19,21H,7H2,1H3,(H,16,18)/t10-,11-,12+,13+,15+/m0/s1. The molecule has 23 heavy (non-hydrogen) atoms. The van der Waals surface area contributed by atoms with E-state index in [4.69, 9.17) is 9.47 Å². The number of aliphatic hydroxyl groups excluding tert-OH is 3. The number of amides is 1. The van der Waals surface area contributed by atoms with Crippen molar-refractivity contribution in [1.82, 2.24) is 5.32 Å². The lowest BCUT2D eigenvalue weighted by Crippen LogP contribution is -2.65. The molecule has 1 aromatic carbocycles. The number of carbonyl (C=O) groups excluding carboxylic acids is 2. The maximum Gasteiger partial charge on any atom is 0.338 e. The Morgan fingerprint density at radius 3 is 2.48 bits per heavy atom. The van der Waals surface area contributed by atoms with Crippen molar-refractivity contribution >= 4 is 11.9 Å². The van der Waals surface area contributed by atoms with Crippen LogP contribution in [0.3, 0.4) is 0 Å². The molecule has 1 aliphatic rings. The van der Waals surface area contributed by atoms with Gasteiger partial charge in [-0.1, -0.05) is 18.2 Å². The van der Waals surface area contributed by atoms with Crippen LogP contribution in [0.15, 0.2) is 30.3 Å². The van der Waals surface area contributed by atoms with E-state index < -0.39 is 49.1 Å². The Bertz CT molecular complexity index is 550. The second-order valence-electron chi connectivity index (χ2n) is 5.20. The minimum atomic E-state index is -1.53. The van der Waals surface area contributed by atoms with Gasteiger partial charge in [-0.2, -0.15) is 0 Å². The van der Waals surface area contributed by atoms with E-state index in [1.807, 2.05) is 0 Å². The Labute approximate surface area is 132 Å². The summed E-state index contributed by atoms with van der Waals surface area (Å²) in [5.41, 5.74) is 0.253. The van der Waals surface area contributed by atoms with Crippen molar-refractivity contribution in [3.8, 4) is 0 Å². The second kappa shape index (κ2) is 7.51. The minimum Gasteiger partial charge on any atom is -0.453 e. The average Bonchev–Trinajstić information content (AvgIpc) is 2.54. The minimum absolute atomic E-state index is 0.253.